The Morgan fingerprint density at radius 2 is 0.787 bits per heavy atom. The molecule has 4 amide bonds. The van der Waals surface area contributed by atoms with E-state index in [2.05, 4.69) is 129 Å². The zero-order valence-corrected chi connectivity index (χ0v) is 72.8. The van der Waals surface area contributed by atoms with Crippen LogP contribution in [0.15, 0.2) is 121 Å². The number of carboxylic acid groups (broad SMARTS) is 2. The predicted molar refractivity (Wildman–Crippen MR) is 445 cm³/mol. The second-order valence-corrected chi connectivity index (χ2v) is 30.0. The van der Waals surface area contributed by atoms with Crippen LogP contribution in [0.5, 0.6) is 0 Å². The van der Waals surface area contributed by atoms with Gasteiger partial charge in [-0.25, -0.2) is 94.8 Å². The number of aromatic nitrogens is 20. The molecular weight excluding hydrogens is 1850 g/mol. The van der Waals surface area contributed by atoms with Crippen LogP contribution in [-0.2, 0) is 51.9 Å². The zero-order chi connectivity index (χ0) is 92.6. The molecule has 4 atom stereocenters. The largest absolute Gasteiger partial charge is 0.478 e. The summed E-state index contributed by atoms with van der Waals surface area (Å²) >= 11 is 32.7. The Hall–Kier alpha value is -13.9. The van der Waals surface area contributed by atoms with E-state index in [1.807, 2.05) is 0 Å². The standard InChI is InChI=1S/C24H21ClFN7O3.2C17H14ClFN6O4.C11H11BrClN5O2.C8H7ClFNO2/c1-13(14-4-3-5-28-20(14)25)36-22(35)30-21-19(31-32-33(21)2)17-6-16(26)15(8-29-17)18(34)7-23-9-24(10-23,11-23)12-27;2*1-8(9-4-3-5-20-14(9)18)29-17(28)22-15-13(23-24-25(15)2)12-6-11(19)10(7-21-12)16(26)27;1-6(7-4-3-5-14-9(7)13)20-11(19)15-10-8(12)16-17-18(10)2;1-4-6(10)5(8(12)13-2)3-11-7(4)9/h3-6,8,13H,7,9-11H2,1-2H3,(H,30,35);2*3-8H,1-2H3,(H,22,28)(H,26,27);3-6H,1-2H3,(H,15,19);3H,1-2H3/t13-,23?,24?;2*8-;6-;/m1111./s1. The number of aryl methyl sites for hydroxylation is 4. The molecule has 12 aromatic heterocycles. The van der Waals surface area contributed by atoms with Gasteiger partial charge in [0.25, 0.3) is 0 Å². The van der Waals surface area contributed by atoms with Crippen molar-refractivity contribution in [3.8, 4) is 40.2 Å². The molecule has 12 aromatic rings. The van der Waals surface area contributed by atoms with Gasteiger partial charge >= 0.3 is 42.3 Å². The topological polar surface area (TPSA) is 521 Å². The summed E-state index contributed by atoms with van der Waals surface area (Å²) in [5.74, 6) is -6.75. The maximum absolute atomic E-state index is 14.9. The smallest absolute Gasteiger partial charge is 0.413 e. The van der Waals surface area contributed by atoms with Gasteiger partial charge in [-0.15, -0.1) is 20.4 Å². The van der Waals surface area contributed by atoms with E-state index in [4.69, 9.17) is 92.4 Å². The summed E-state index contributed by atoms with van der Waals surface area (Å²) in [5, 5.41) is 68.5. The first-order valence-corrected chi connectivity index (χ1v) is 39.3. The molecule has 6 N–H and O–H groups in total. The Morgan fingerprint density at radius 3 is 1.08 bits per heavy atom. The number of carbonyl (C=O) groups excluding carboxylic acids is 6. The molecule has 3 aliphatic rings. The lowest BCUT2D eigenvalue weighted by Crippen LogP contribution is -2.61. The summed E-state index contributed by atoms with van der Waals surface area (Å²) in [6, 6.07) is 18.6. The van der Waals surface area contributed by atoms with Crippen LogP contribution in [0.25, 0.3) is 34.2 Å². The maximum Gasteiger partial charge on any atom is 0.413 e. The number of carbonyl (C=O) groups is 8. The van der Waals surface area contributed by atoms with Gasteiger partial charge in [-0.3, -0.25) is 41.0 Å². The number of hydrogen-bond donors (Lipinski definition) is 6. The number of esters is 1. The predicted octanol–water partition coefficient (Wildman–Crippen LogP) is 15.7. The minimum Gasteiger partial charge on any atom is -0.478 e. The van der Waals surface area contributed by atoms with Gasteiger partial charge in [0, 0.05) is 130 Å². The van der Waals surface area contributed by atoms with Crippen molar-refractivity contribution in [3.63, 3.8) is 0 Å². The normalized spacial score (nSPS) is 14.6. The van der Waals surface area contributed by atoms with Crippen LogP contribution in [0.2, 0.25) is 25.8 Å². The van der Waals surface area contributed by atoms with Crippen LogP contribution >= 0.6 is 73.9 Å². The van der Waals surface area contributed by atoms with Crippen molar-refractivity contribution in [2.75, 3.05) is 28.4 Å². The third-order valence-electron chi connectivity index (χ3n) is 18.7. The Labute approximate surface area is 748 Å². The van der Waals surface area contributed by atoms with Crippen molar-refractivity contribution >= 4 is 145 Å². The fourth-order valence-corrected chi connectivity index (χ4v) is 14.1. The lowest BCUT2D eigenvalue weighted by atomic mass is 9.34. The van der Waals surface area contributed by atoms with Crippen LogP contribution in [0.4, 0.5) is 60.0 Å². The Kier molecular flexibility index (Phi) is 31.3. The average Bonchev–Trinajstić information content (AvgIpc) is 1.56. The van der Waals surface area contributed by atoms with Crippen LogP contribution in [0.1, 0.15) is 147 Å². The third kappa shape index (κ3) is 23.2. The molecule has 0 aromatic carbocycles. The SMILES string of the molecule is COC(=O)c1cnc(Cl)c(C)c1F.C[C@@H](OC(=O)Nc1c(-c2cc(F)c(C(=O)CC34CC(C#N)(C3)C4)cn2)nnn1C)c1cccnc1Cl.C[C@@H](OC(=O)Nc1c(-c2cc(F)c(C(=O)O)cn2)nnn1C)c1cccnc1Cl.C[C@@H](OC(=O)Nc1c(-c2cc(F)c(C(=O)O)cn2)nnn1C)c1cccnc1Cl.C[C@@H](OC(=O)Nc1c(Br)nnn1C)c1cccnc1Cl. The van der Waals surface area contributed by atoms with Gasteiger partial charge in [0.15, 0.2) is 50.7 Å². The van der Waals surface area contributed by atoms with Gasteiger partial charge in [-0.1, -0.05) is 103 Å². The molecule has 660 valence electrons. The number of methoxy groups -OCH3 is 1. The number of anilines is 4. The summed E-state index contributed by atoms with van der Waals surface area (Å²) in [4.78, 5) is 126. The highest BCUT2D eigenvalue weighted by Gasteiger charge is 2.68. The number of hydrogen-bond acceptors (Lipinski definition) is 30. The molecule has 0 spiro atoms. The van der Waals surface area contributed by atoms with Crippen LogP contribution < -0.4 is 21.3 Å². The van der Waals surface area contributed by atoms with Gasteiger partial charge < -0.3 is 33.9 Å². The second kappa shape index (κ2) is 41.7. The lowest BCUT2D eigenvalue weighted by molar-refractivity contribution is -0.159. The summed E-state index contributed by atoms with van der Waals surface area (Å²) < 4.78 is 87.3. The molecule has 15 rings (SSSR count). The number of ether oxygens (including phenoxy) is 5. The molecule has 3 aliphatic carbocycles. The van der Waals surface area contributed by atoms with E-state index < -0.39 is 101 Å². The number of aromatic carboxylic acids is 2. The number of nitrogens with one attached hydrogen (secondary N) is 4. The number of amides is 4. The average molecular weight is 1920 g/mol. The van der Waals surface area contributed by atoms with Crippen LogP contribution in [-0.4, -0.2) is 165 Å². The molecule has 0 radical (unpaired) electrons. The zero-order valence-electron chi connectivity index (χ0n) is 67.5. The minimum absolute atomic E-state index is 0.0146. The van der Waals surface area contributed by atoms with Gasteiger partial charge in [0.2, 0.25) is 0 Å². The molecule has 0 aliphatic heterocycles. The number of nitrogens with zero attached hydrogens (tertiary/aromatic N) is 21. The van der Waals surface area contributed by atoms with Crippen molar-refractivity contribution in [2.24, 2.45) is 39.0 Å². The van der Waals surface area contributed by atoms with Gasteiger partial charge in [-0.2, -0.15) is 5.26 Å². The van der Waals surface area contributed by atoms with E-state index in [1.165, 1.54) is 71.6 Å². The number of halogens is 10. The Morgan fingerprint density at radius 1 is 0.480 bits per heavy atom. The third-order valence-corrected chi connectivity index (χ3v) is 20.9. The number of pyridine rings is 8. The number of Topliss-reactive ketones (excluding diaryl/α,β-unsaturated/α-hetero) is 1. The van der Waals surface area contributed by atoms with Crippen molar-refractivity contribution in [1.82, 2.24) is 99.8 Å². The highest BCUT2D eigenvalue weighted by molar-refractivity contribution is 9.10. The van der Waals surface area contributed by atoms with Crippen LogP contribution in [0, 0.1) is 52.4 Å². The highest BCUT2D eigenvalue weighted by Crippen LogP contribution is 2.74. The number of carboxylic acids is 2. The fraction of sp³-hybridized carbons (Fsp3) is 0.260. The number of rotatable bonds is 21. The van der Waals surface area contributed by atoms with E-state index in [0.717, 1.165) is 36.8 Å². The number of nitriles is 1. The Balaban J connectivity index is 0.000000171. The van der Waals surface area contributed by atoms with Crippen LogP contribution in [0.3, 0.4) is 0 Å². The molecular formula is C77H67BrCl5F4N25O15. The molecule has 0 unspecified atom stereocenters. The first kappa shape index (κ1) is 95.3. The van der Waals surface area contributed by atoms with Crippen molar-refractivity contribution in [1.29, 1.82) is 5.26 Å². The van der Waals surface area contributed by atoms with Gasteiger partial charge in [0.1, 0.15) is 90.1 Å². The molecule has 3 saturated carbocycles. The first-order valence-electron chi connectivity index (χ1n) is 36.6. The molecule has 40 nitrogen and oxygen atoms in total. The van der Waals surface area contributed by atoms with E-state index in [9.17, 15) is 55.9 Å². The number of ketones is 1. The van der Waals surface area contributed by atoms with E-state index >= 15 is 0 Å². The quantitative estimate of drug-likeness (QED) is 0.0128. The molecule has 12 heterocycles. The second-order valence-electron chi connectivity index (χ2n) is 27.5. The minimum atomic E-state index is -1.45. The fourth-order valence-electron chi connectivity index (χ4n) is 12.4. The molecule has 0 saturated heterocycles. The molecule has 50 heteroatoms. The van der Waals surface area contributed by atoms with Gasteiger partial charge in [0.05, 0.1) is 41.2 Å². The first-order chi connectivity index (χ1) is 60.2. The monoisotopic (exact) mass is 1910 g/mol. The van der Waals surface area contributed by atoms with E-state index in [0.29, 0.717) is 57.1 Å². The summed E-state index contributed by atoms with van der Waals surface area (Å²) in [5.41, 5.74) is 0.608. The molecule has 3 fully saturated rings. The highest BCUT2D eigenvalue weighted by atomic mass is 79.9. The molecule has 2 bridgehead atoms. The molecule has 127 heavy (non-hydrogen) atoms. The van der Waals surface area contributed by atoms with E-state index in [-0.39, 0.29) is 112 Å². The summed E-state index contributed by atoms with van der Waals surface area (Å²) in [6.07, 6.45) is 6.53. The van der Waals surface area contributed by atoms with E-state index in [1.54, 1.807) is 96.5 Å². The summed E-state index contributed by atoms with van der Waals surface area (Å²) in [7, 11) is 7.35. The van der Waals surface area contributed by atoms with Crippen molar-refractivity contribution < 1.29 is 89.8 Å². The lowest BCUT2D eigenvalue weighted by Gasteiger charge is -2.67. The summed E-state index contributed by atoms with van der Waals surface area (Å²) in [6.45, 7) is 8.03. The van der Waals surface area contributed by atoms with Crippen molar-refractivity contribution in [3.05, 3.63) is 220 Å². The van der Waals surface area contributed by atoms with Crippen molar-refractivity contribution in [2.45, 2.75) is 84.7 Å². The van der Waals surface area contributed by atoms with Gasteiger partial charge in [-0.05, 0) is 99.5 Å². The Bertz CT molecular complexity index is 6040. The maximum atomic E-state index is 14.9.